The second kappa shape index (κ2) is 3.81. The number of imidazole rings is 1. The molecule has 0 fully saturated rings. The lowest BCUT2D eigenvalue weighted by molar-refractivity contribution is 1.000. The molecule has 3 heterocycles. The summed E-state index contributed by atoms with van der Waals surface area (Å²) >= 11 is 1.44. The van der Waals surface area contributed by atoms with Gasteiger partial charge in [0.15, 0.2) is 10.8 Å². The Labute approximate surface area is 102 Å². The van der Waals surface area contributed by atoms with Crippen LogP contribution in [0.4, 0.5) is 5.13 Å². The summed E-state index contributed by atoms with van der Waals surface area (Å²) in [6.45, 7) is 2.01. The van der Waals surface area contributed by atoms with Gasteiger partial charge >= 0.3 is 0 Å². The van der Waals surface area contributed by atoms with Crippen LogP contribution in [0.1, 0.15) is 17.1 Å². The van der Waals surface area contributed by atoms with Crippen LogP contribution in [0.3, 0.4) is 0 Å². The zero-order valence-corrected chi connectivity index (χ0v) is 10.1. The molecular formula is C11H11N5S. The van der Waals surface area contributed by atoms with Crippen molar-refractivity contribution in [3.05, 3.63) is 34.7 Å². The van der Waals surface area contributed by atoms with Crippen LogP contribution in [0, 0.1) is 6.92 Å². The number of hydrogen-bond donors (Lipinski definition) is 2. The maximum Gasteiger partial charge on any atom is 0.180 e. The lowest BCUT2D eigenvalue weighted by atomic mass is 10.3. The van der Waals surface area contributed by atoms with Gasteiger partial charge < -0.3 is 10.7 Å². The summed E-state index contributed by atoms with van der Waals surface area (Å²) in [7, 11) is 0. The number of nitrogens with zero attached hydrogens (tertiary/aromatic N) is 3. The van der Waals surface area contributed by atoms with E-state index in [1.54, 1.807) is 0 Å². The predicted molar refractivity (Wildman–Crippen MR) is 68.0 cm³/mol. The molecule has 0 aromatic carbocycles. The Balaban J connectivity index is 1.95. The van der Waals surface area contributed by atoms with Crippen molar-refractivity contribution in [2.24, 2.45) is 0 Å². The van der Waals surface area contributed by atoms with E-state index in [1.165, 1.54) is 11.3 Å². The van der Waals surface area contributed by atoms with E-state index < -0.39 is 0 Å². The number of aromatic nitrogens is 4. The summed E-state index contributed by atoms with van der Waals surface area (Å²) in [4.78, 5) is 16.1. The highest BCUT2D eigenvalue weighted by molar-refractivity contribution is 7.13. The van der Waals surface area contributed by atoms with Gasteiger partial charge in [0, 0.05) is 18.0 Å². The summed E-state index contributed by atoms with van der Waals surface area (Å²) in [6, 6.07) is 2.04. The molecule has 0 amide bonds. The molecule has 0 unspecified atom stereocenters. The molecule has 17 heavy (non-hydrogen) atoms. The number of fused-ring (bicyclic) bond motifs is 1. The summed E-state index contributed by atoms with van der Waals surface area (Å²) < 4.78 is 0. The number of H-pyrrole nitrogens is 1. The van der Waals surface area contributed by atoms with E-state index in [0.717, 1.165) is 28.2 Å². The molecule has 86 valence electrons. The summed E-state index contributed by atoms with van der Waals surface area (Å²) in [5.74, 6) is 0.864. The number of nitrogens with two attached hydrogens (primary N) is 1. The second-order valence-corrected chi connectivity index (χ2v) is 4.81. The summed E-state index contributed by atoms with van der Waals surface area (Å²) in [5.41, 5.74) is 9.35. The van der Waals surface area contributed by atoms with Gasteiger partial charge in [-0.3, -0.25) is 0 Å². The number of rotatable bonds is 2. The average Bonchev–Trinajstić information content (AvgIpc) is 2.84. The van der Waals surface area contributed by atoms with Crippen LogP contribution in [0.5, 0.6) is 0 Å². The van der Waals surface area contributed by atoms with E-state index in [4.69, 9.17) is 5.73 Å². The third-order valence-corrected chi connectivity index (χ3v) is 3.16. The number of aryl methyl sites for hydroxylation is 1. The van der Waals surface area contributed by atoms with Crippen LogP contribution >= 0.6 is 11.3 Å². The van der Waals surface area contributed by atoms with Crippen molar-refractivity contribution >= 4 is 27.6 Å². The van der Waals surface area contributed by atoms with Crippen molar-refractivity contribution in [1.82, 2.24) is 19.9 Å². The highest BCUT2D eigenvalue weighted by Crippen LogP contribution is 2.16. The first-order chi connectivity index (χ1) is 8.20. The van der Waals surface area contributed by atoms with Gasteiger partial charge in [0.2, 0.25) is 0 Å². The molecule has 3 rings (SSSR count). The molecule has 0 aliphatic carbocycles. The Morgan fingerprint density at radius 2 is 2.29 bits per heavy atom. The smallest absolute Gasteiger partial charge is 0.180 e. The minimum Gasteiger partial charge on any atom is -0.375 e. The van der Waals surface area contributed by atoms with Gasteiger partial charge in [-0.15, -0.1) is 11.3 Å². The zero-order valence-electron chi connectivity index (χ0n) is 9.27. The molecule has 3 aromatic heterocycles. The summed E-state index contributed by atoms with van der Waals surface area (Å²) in [6.07, 6.45) is 2.47. The Kier molecular flexibility index (Phi) is 2.29. The molecule has 0 spiro atoms. The fraction of sp³-hybridized carbons (Fsp3) is 0.182. The fourth-order valence-corrected chi connectivity index (χ4v) is 2.28. The molecule has 3 aromatic rings. The van der Waals surface area contributed by atoms with E-state index in [-0.39, 0.29) is 0 Å². The van der Waals surface area contributed by atoms with Crippen LogP contribution in [0.15, 0.2) is 17.6 Å². The van der Waals surface area contributed by atoms with Crippen molar-refractivity contribution in [3.63, 3.8) is 0 Å². The highest BCUT2D eigenvalue weighted by Gasteiger charge is 2.07. The lowest BCUT2D eigenvalue weighted by Crippen LogP contribution is -1.91. The van der Waals surface area contributed by atoms with Gasteiger partial charge in [-0.2, -0.15) is 0 Å². The number of thiazole rings is 1. The Morgan fingerprint density at radius 1 is 1.41 bits per heavy atom. The molecule has 0 aliphatic rings. The van der Waals surface area contributed by atoms with E-state index >= 15 is 0 Å². The van der Waals surface area contributed by atoms with Crippen LogP contribution in [0.25, 0.3) is 11.2 Å². The van der Waals surface area contributed by atoms with Gasteiger partial charge in [0.25, 0.3) is 0 Å². The van der Waals surface area contributed by atoms with Gasteiger partial charge in [-0.1, -0.05) is 0 Å². The molecule has 0 aliphatic heterocycles. The maximum absolute atomic E-state index is 5.59. The summed E-state index contributed by atoms with van der Waals surface area (Å²) in [5, 5.41) is 2.53. The Hall–Kier alpha value is -1.95. The number of anilines is 1. The number of hydrogen-bond acceptors (Lipinski definition) is 5. The van der Waals surface area contributed by atoms with Gasteiger partial charge in [-0.05, 0) is 18.6 Å². The maximum atomic E-state index is 5.59. The van der Waals surface area contributed by atoms with Crippen LogP contribution in [-0.2, 0) is 6.42 Å². The standard InChI is InChI=1S/C11H11N5S/c1-6-2-8-10(13-4-6)16-9(15-8)3-7-5-17-11(12)14-7/h2,4-5H,3H2,1H3,(H2,12,14)(H,13,15,16). The zero-order chi connectivity index (χ0) is 11.8. The molecule has 0 bridgehead atoms. The highest BCUT2D eigenvalue weighted by atomic mass is 32.1. The van der Waals surface area contributed by atoms with Crippen molar-refractivity contribution < 1.29 is 0 Å². The molecular weight excluding hydrogens is 234 g/mol. The third kappa shape index (κ3) is 1.99. The number of nitrogens with one attached hydrogen (secondary N) is 1. The number of pyridine rings is 1. The average molecular weight is 245 g/mol. The normalized spacial score (nSPS) is 11.1. The SMILES string of the molecule is Cc1cnc2nc(Cc3csc(N)n3)[nH]c2c1. The van der Waals surface area contributed by atoms with Gasteiger partial charge in [0.05, 0.1) is 11.2 Å². The molecule has 5 nitrogen and oxygen atoms in total. The Morgan fingerprint density at radius 3 is 3.06 bits per heavy atom. The number of nitrogen functional groups attached to an aromatic ring is 1. The third-order valence-electron chi connectivity index (χ3n) is 2.44. The quantitative estimate of drug-likeness (QED) is 0.722. The first-order valence-corrected chi connectivity index (χ1v) is 6.10. The first-order valence-electron chi connectivity index (χ1n) is 5.22. The second-order valence-electron chi connectivity index (χ2n) is 3.92. The van der Waals surface area contributed by atoms with E-state index in [1.807, 2.05) is 24.6 Å². The van der Waals surface area contributed by atoms with Crippen LogP contribution in [0.2, 0.25) is 0 Å². The topological polar surface area (TPSA) is 80.5 Å². The van der Waals surface area contributed by atoms with Crippen molar-refractivity contribution in [1.29, 1.82) is 0 Å². The van der Waals surface area contributed by atoms with E-state index in [9.17, 15) is 0 Å². The molecule has 0 saturated carbocycles. The fourth-order valence-electron chi connectivity index (χ4n) is 1.71. The molecule has 6 heteroatoms. The predicted octanol–water partition coefficient (Wildman–Crippen LogP) is 1.90. The monoisotopic (exact) mass is 245 g/mol. The molecule has 0 radical (unpaired) electrons. The molecule has 0 saturated heterocycles. The van der Waals surface area contributed by atoms with Crippen LogP contribution in [-0.4, -0.2) is 19.9 Å². The minimum absolute atomic E-state index is 0.588. The van der Waals surface area contributed by atoms with E-state index in [0.29, 0.717) is 11.6 Å². The Bertz CT molecular complexity index is 669. The molecule has 3 N–H and O–H groups in total. The first kappa shape index (κ1) is 10.2. The molecule has 0 atom stereocenters. The minimum atomic E-state index is 0.588. The lowest BCUT2D eigenvalue weighted by Gasteiger charge is -1.90. The van der Waals surface area contributed by atoms with Crippen molar-refractivity contribution in [2.75, 3.05) is 5.73 Å². The van der Waals surface area contributed by atoms with Crippen LogP contribution < -0.4 is 5.73 Å². The van der Waals surface area contributed by atoms with Crippen molar-refractivity contribution in [3.8, 4) is 0 Å². The van der Waals surface area contributed by atoms with Gasteiger partial charge in [0.1, 0.15) is 5.82 Å². The van der Waals surface area contributed by atoms with E-state index in [2.05, 4.69) is 19.9 Å². The number of aromatic amines is 1. The largest absolute Gasteiger partial charge is 0.375 e. The van der Waals surface area contributed by atoms with Crippen molar-refractivity contribution in [2.45, 2.75) is 13.3 Å². The van der Waals surface area contributed by atoms with Gasteiger partial charge in [-0.25, -0.2) is 15.0 Å².